The number of hydrogen-bond donors (Lipinski definition) is 0. The van der Waals surface area contributed by atoms with Crippen molar-refractivity contribution < 1.29 is 42.5 Å². The van der Waals surface area contributed by atoms with Gasteiger partial charge in [-0.2, -0.15) is 0 Å². The van der Waals surface area contributed by atoms with Crippen molar-refractivity contribution in [3.8, 4) is 0 Å². The zero-order valence-electron chi connectivity index (χ0n) is 8.30. The van der Waals surface area contributed by atoms with Gasteiger partial charge in [-0.3, -0.25) is 4.99 Å². The number of para-hydroxylation sites is 1. The molecule has 15 heavy (non-hydrogen) atoms. The Hall–Kier alpha value is -0.200. The van der Waals surface area contributed by atoms with Crippen LogP contribution in [-0.2, 0) is 16.5 Å². The molecule has 0 N–H and O–H groups in total. The molecule has 0 bridgehead atoms. The number of aliphatic imine (C=N–C) groups is 1. The first-order valence-electron chi connectivity index (χ1n) is 4.12. The van der Waals surface area contributed by atoms with Gasteiger partial charge in [-0.1, -0.05) is 18.2 Å². The smallest absolute Gasteiger partial charge is 0.748 e. The summed E-state index contributed by atoms with van der Waals surface area (Å²) < 4.78 is 31.5. The molecule has 0 radical (unpaired) electrons. The van der Waals surface area contributed by atoms with E-state index < -0.39 is 15.9 Å². The summed E-state index contributed by atoms with van der Waals surface area (Å²) in [6.45, 7) is 0. The van der Waals surface area contributed by atoms with E-state index in [1.165, 1.54) is 0 Å². The van der Waals surface area contributed by atoms with Crippen molar-refractivity contribution in [1.29, 1.82) is 0 Å². The third-order valence-electron chi connectivity index (χ3n) is 2.01. The minimum atomic E-state index is -4.21. The van der Waals surface area contributed by atoms with E-state index in [0.29, 0.717) is 12.1 Å². The number of nitrogens with zero attached hydrogens (tertiary/aromatic N) is 1. The fourth-order valence-electron chi connectivity index (χ4n) is 1.49. The van der Waals surface area contributed by atoms with E-state index in [1.54, 1.807) is 6.07 Å². The van der Waals surface area contributed by atoms with Gasteiger partial charge in [-0.15, -0.1) is 0 Å². The molecule has 0 saturated heterocycles. The zero-order chi connectivity index (χ0) is 10.2. The summed E-state index contributed by atoms with van der Waals surface area (Å²) in [5, 5.41) is 0. The van der Waals surface area contributed by atoms with Crippen molar-refractivity contribution in [2.45, 2.75) is 6.42 Å². The first-order chi connectivity index (χ1) is 6.54. The first-order valence-corrected chi connectivity index (χ1v) is 5.70. The molecule has 2 rings (SSSR count). The number of hydrogen-bond acceptors (Lipinski definition) is 4. The summed E-state index contributed by atoms with van der Waals surface area (Å²) in [6.07, 6.45) is 0.470. The Balaban J connectivity index is 0.00000112. The van der Waals surface area contributed by atoms with E-state index in [0.717, 1.165) is 11.3 Å². The van der Waals surface area contributed by atoms with Crippen LogP contribution in [0.15, 0.2) is 29.3 Å². The molecule has 1 aromatic carbocycles. The van der Waals surface area contributed by atoms with Gasteiger partial charge < -0.3 is 4.55 Å². The SMILES string of the molecule is O=S(=O)([O-])CC1=Nc2ccccc2C1.[Na+]. The number of rotatable bonds is 2. The van der Waals surface area contributed by atoms with Crippen LogP contribution in [0.3, 0.4) is 0 Å². The minimum absolute atomic E-state index is 0. The molecule has 4 nitrogen and oxygen atoms in total. The van der Waals surface area contributed by atoms with Crippen molar-refractivity contribution in [1.82, 2.24) is 0 Å². The van der Waals surface area contributed by atoms with Crippen LogP contribution in [0.5, 0.6) is 0 Å². The molecule has 0 aliphatic carbocycles. The van der Waals surface area contributed by atoms with Crippen molar-refractivity contribution in [2.24, 2.45) is 4.99 Å². The Kier molecular flexibility index (Phi) is 4.08. The van der Waals surface area contributed by atoms with Gasteiger partial charge in [-0.05, 0) is 11.6 Å². The predicted molar refractivity (Wildman–Crippen MR) is 51.8 cm³/mol. The Morgan fingerprint density at radius 2 is 2.00 bits per heavy atom. The molecule has 0 aromatic heterocycles. The van der Waals surface area contributed by atoms with E-state index in [-0.39, 0.29) is 29.6 Å². The van der Waals surface area contributed by atoms with E-state index in [4.69, 9.17) is 0 Å². The average Bonchev–Trinajstić information content (AvgIpc) is 2.42. The van der Waals surface area contributed by atoms with Gasteiger partial charge >= 0.3 is 29.6 Å². The summed E-state index contributed by atoms with van der Waals surface area (Å²) in [7, 11) is -4.21. The third kappa shape index (κ3) is 3.39. The second-order valence-corrected chi connectivity index (χ2v) is 4.59. The van der Waals surface area contributed by atoms with Crippen molar-refractivity contribution >= 4 is 21.5 Å². The molecule has 0 fully saturated rings. The molecule has 6 heteroatoms. The topological polar surface area (TPSA) is 69.6 Å². The van der Waals surface area contributed by atoms with Gasteiger partial charge in [0.25, 0.3) is 0 Å². The predicted octanol–water partition coefficient (Wildman–Crippen LogP) is -2.14. The largest absolute Gasteiger partial charge is 1.00 e. The first kappa shape index (κ1) is 12.9. The summed E-state index contributed by atoms with van der Waals surface area (Å²) in [5.74, 6) is -0.484. The molecule has 0 unspecified atom stereocenters. The molecule has 74 valence electrons. The van der Waals surface area contributed by atoms with Crippen LogP contribution < -0.4 is 29.6 Å². The molecular weight excluding hydrogens is 225 g/mol. The summed E-state index contributed by atoms with van der Waals surface area (Å²) in [4.78, 5) is 4.07. The van der Waals surface area contributed by atoms with Crippen molar-refractivity contribution in [2.75, 3.05) is 5.75 Å². The van der Waals surface area contributed by atoms with Crippen LogP contribution >= 0.6 is 0 Å². The van der Waals surface area contributed by atoms with Gasteiger partial charge in [0, 0.05) is 12.1 Å². The van der Waals surface area contributed by atoms with Crippen LogP contribution in [0.2, 0.25) is 0 Å². The Morgan fingerprint density at radius 1 is 1.33 bits per heavy atom. The van der Waals surface area contributed by atoms with E-state index >= 15 is 0 Å². The van der Waals surface area contributed by atoms with Gasteiger partial charge in [0.05, 0.1) is 11.4 Å². The van der Waals surface area contributed by atoms with Gasteiger partial charge in [0.15, 0.2) is 0 Å². The monoisotopic (exact) mass is 233 g/mol. The Bertz CT molecular complexity index is 496. The van der Waals surface area contributed by atoms with E-state index in [1.807, 2.05) is 18.2 Å². The molecule has 1 heterocycles. The fourth-order valence-corrected chi connectivity index (χ4v) is 2.06. The number of benzene rings is 1. The molecule has 0 spiro atoms. The van der Waals surface area contributed by atoms with E-state index in [2.05, 4.69) is 4.99 Å². The van der Waals surface area contributed by atoms with Crippen LogP contribution in [0, 0.1) is 0 Å². The molecule has 1 aliphatic rings. The Morgan fingerprint density at radius 3 is 2.60 bits per heavy atom. The van der Waals surface area contributed by atoms with E-state index in [9.17, 15) is 13.0 Å². The fraction of sp³-hybridized carbons (Fsp3) is 0.222. The molecule has 0 atom stereocenters. The normalized spacial score (nSPS) is 14.1. The zero-order valence-corrected chi connectivity index (χ0v) is 11.1. The maximum absolute atomic E-state index is 10.5. The minimum Gasteiger partial charge on any atom is -0.748 e. The average molecular weight is 233 g/mol. The summed E-state index contributed by atoms with van der Waals surface area (Å²) >= 11 is 0. The quantitative estimate of drug-likeness (QED) is 0.432. The molecule has 1 aromatic rings. The van der Waals surface area contributed by atoms with Crippen LogP contribution in [0.1, 0.15) is 5.56 Å². The van der Waals surface area contributed by atoms with Gasteiger partial charge in [-0.25, -0.2) is 8.42 Å². The van der Waals surface area contributed by atoms with Gasteiger partial charge in [0.1, 0.15) is 10.1 Å². The third-order valence-corrected chi connectivity index (χ3v) is 2.69. The standard InChI is InChI=1S/C9H9NO3S.Na/c11-14(12,13)6-8-5-7-3-1-2-4-9(7)10-8;/h1-4H,5-6H2,(H,11,12,13);/q;+1/p-1. The van der Waals surface area contributed by atoms with Crippen LogP contribution in [0.4, 0.5) is 5.69 Å². The van der Waals surface area contributed by atoms with Crippen molar-refractivity contribution in [3.05, 3.63) is 29.8 Å². The Labute approximate surface area is 110 Å². The van der Waals surface area contributed by atoms with Crippen LogP contribution in [0.25, 0.3) is 0 Å². The molecular formula is C9H8NNaO3S. The molecule has 0 saturated carbocycles. The molecule has 1 aliphatic heterocycles. The second-order valence-electron chi connectivity index (χ2n) is 3.19. The number of fused-ring (bicyclic) bond motifs is 1. The maximum Gasteiger partial charge on any atom is 1.00 e. The summed E-state index contributed by atoms with van der Waals surface area (Å²) in [6, 6.07) is 7.38. The maximum atomic E-state index is 10.5. The van der Waals surface area contributed by atoms with Crippen LogP contribution in [-0.4, -0.2) is 24.4 Å². The summed E-state index contributed by atoms with van der Waals surface area (Å²) in [5.41, 5.74) is 2.18. The second kappa shape index (κ2) is 4.76. The van der Waals surface area contributed by atoms with Crippen molar-refractivity contribution in [3.63, 3.8) is 0 Å². The molecule has 0 amide bonds. The van der Waals surface area contributed by atoms with Gasteiger partial charge in [0.2, 0.25) is 0 Å².